The van der Waals surface area contributed by atoms with Gasteiger partial charge in [0.25, 0.3) is 0 Å². The van der Waals surface area contributed by atoms with Crippen molar-refractivity contribution < 1.29 is 0 Å². The van der Waals surface area contributed by atoms with Gasteiger partial charge in [0.05, 0.1) is 0 Å². The van der Waals surface area contributed by atoms with Gasteiger partial charge < -0.3 is 5.41 Å². The van der Waals surface area contributed by atoms with Gasteiger partial charge in [-0.2, -0.15) is 0 Å². The van der Waals surface area contributed by atoms with Crippen molar-refractivity contribution >= 4 is 40.9 Å². The van der Waals surface area contributed by atoms with Gasteiger partial charge in [0.1, 0.15) is 0 Å². The molecule has 0 aliphatic rings. The van der Waals surface area contributed by atoms with Crippen LogP contribution in [0.15, 0.2) is 8.48 Å². The van der Waals surface area contributed by atoms with Crippen LogP contribution in [-0.4, -0.2) is 5.71 Å². The minimum atomic E-state index is 0.0319. The highest BCUT2D eigenvalue weighted by molar-refractivity contribution is 14.1. The molecule has 0 amide bonds. The van der Waals surface area contributed by atoms with Gasteiger partial charge in [0.2, 0.25) is 0 Å². The molecule has 0 fully saturated rings. The molecule has 1 nitrogen and oxygen atoms in total. The summed E-state index contributed by atoms with van der Waals surface area (Å²) < 4.78 is 0.919. The number of halogens is 1. The van der Waals surface area contributed by atoms with E-state index in [4.69, 9.17) is 5.41 Å². The van der Waals surface area contributed by atoms with Crippen molar-refractivity contribution in [2.45, 2.75) is 27.7 Å². The summed E-state index contributed by atoms with van der Waals surface area (Å²) in [6.07, 6.45) is 0. The van der Waals surface area contributed by atoms with E-state index in [9.17, 15) is 0 Å². The summed E-state index contributed by atoms with van der Waals surface area (Å²) in [6.45, 7) is 8.08. The Hall–Kier alpha value is 0.490. The summed E-state index contributed by atoms with van der Waals surface area (Å²) >= 11 is 6.40. The first kappa shape index (κ1) is 11.5. The van der Waals surface area contributed by atoms with E-state index in [0.717, 1.165) is 8.48 Å². The summed E-state index contributed by atoms with van der Waals surface area (Å²) in [5.41, 5.74) is 1.67. The first-order chi connectivity index (χ1) is 4.76. The molecule has 0 unspecified atom stereocenters. The number of hydrogen-bond acceptors (Lipinski definition) is 2. The van der Waals surface area contributed by atoms with Gasteiger partial charge in [-0.15, -0.1) is 12.6 Å². The minimum absolute atomic E-state index is 0.0319. The van der Waals surface area contributed by atoms with Crippen molar-refractivity contribution in [1.29, 1.82) is 5.41 Å². The Labute approximate surface area is 87.7 Å². The van der Waals surface area contributed by atoms with E-state index in [1.807, 2.05) is 0 Å². The van der Waals surface area contributed by atoms with E-state index in [-0.39, 0.29) is 5.41 Å². The van der Waals surface area contributed by atoms with Crippen molar-refractivity contribution in [1.82, 2.24) is 0 Å². The van der Waals surface area contributed by atoms with Crippen LogP contribution in [0.4, 0.5) is 0 Å². The van der Waals surface area contributed by atoms with Crippen molar-refractivity contribution in [3.8, 4) is 0 Å². The molecule has 1 N–H and O–H groups in total. The predicted molar refractivity (Wildman–Crippen MR) is 62.9 cm³/mol. The maximum atomic E-state index is 7.53. The van der Waals surface area contributed by atoms with E-state index < -0.39 is 0 Å². The molecule has 0 saturated heterocycles. The highest BCUT2D eigenvalue weighted by Gasteiger charge is 2.20. The molecule has 0 spiro atoms. The maximum absolute atomic E-state index is 7.53. The highest BCUT2D eigenvalue weighted by atomic mass is 127. The molecule has 64 valence electrons. The lowest BCUT2D eigenvalue weighted by Crippen LogP contribution is -2.15. The Kier molecular flexibility index (Phi) is 4.11. The second kappa shape index (κ2) is 3.94. The van der Waals surface area contributed by atoms with Crippen LogP contribution in [0, 0.1) is 10.8 Å². The Morgan fingerprint density at radius 1 is 1.36 bits per heavy atom. The van der Waals surface area contributed by atoms with Gasteiger partial charge >= 0.3 is 0 Å². The second-order valence-electron chi connectivity index (χ2n) is 3.54. The Bertz CT molecular complexity index is 197. The van der Waals surface area contributed by atoms with Crippen molar-refractivity contribution in [3.05, 3.63) is 8.48 Å². The first-order valence-corrected chi connectivity index (χ1v) is 4.94. The lowest BCUT2D eigenvalue weighted by molar-refractivity contribution is 0.524. The Morgan fingerprint density at radius 2 is 1.73 bits per heavy atom. The average Bonchev–Trinajstić information content (AvgIpc) is 1.54. The summed E-state index contributed by atoms with van der Waals surface area (Å²) in [4.78, 5) is 0. The Morgan fingerprint density at radius 3 is 1.73 bits per heavy atom. The van der Waals surface area contributed by atoms with Crippen LogP contribution in [0.1, 0.15) is 27.7 Å². The molecule has 3 heteroatoms. The zero-order valence-electron chi connectivity index (χ0n) is 7.33. The molecule has 0 heterocycles. The van der Waals surface area contributed by atoms with Crippen LogP contribution in [0.3, 0.4) is 0 Å². The molecule has 0 bridgehead atoms. The third kappa shape index (κ3) is 3.60. The first-order valence-electron chi connectivity index (χ1n) is 3.41. The van der Waals surface area contributed by atoms with Crippen LogP contribution in [0.5, 0.6) is 0 Å². The summed E-state index contributed by atoms with van der Waals surface area (Å²) in [6, 6.07) is 0. The number of allylic oxidation sites excluding steroid dienone is 1. The average molecular weight is 283 g/mol. The monoisotopic (exact) mass is 283 g/mol. The molecule has 0 aromatic carbocycles. The zero-order chi connectivity index (χ0) is 9.23. The molecule has 0 aromatic heterocycles. The lowest BCUT2D eigenvalue weighted by atomic mass is 9.85. The van der Waals surface area contributed by atoms with Crippen molar-refractivity contribution in [2.75, 3.05) is 0 Å². The molecule has 0 radical (unpaired) electrons. The number of thiol groups is 1. The summed E-state index contributed by atoms with van der Waals surface area (Å²) in [5, 5.41) is 7.53. The van der Waals surface area contributed by atoms with Crippen LogP contribution >= 0.6 is 35.2 Å². The van der Waals surface area contributed by atoms with Gasteiger partial charge in [-0.25, -0.2) is 0 Å². The van der Waals surface area contributed by atoms with Gasteiger partial charge in [0.15, 0.2) is 0 Å². The van der Waals surface area contributed by atoms with E-state index in [0.29, 0.717) is 5.71 Å². The number of nitrogens with one attached hydrogen (secondary N) is 1. The molecule has 0 atom stereocenters. The predicted octanol–water partition coefficient (Wildman–Crippen LogP) is 3.65. The van der Waals surface area contributed by atoms with E-state index in [1.165, 1.54) is 0 Å². The molecule has 0 saturated carbocycles. The van der Waals surface area contributed by atoms with Gasteiger partial charge in [-0.05, 0) is 40.5 Å². The largest absolute Gasteiger partial charge is 0.305 e. The molecular weight excluding hydrogens is 269 g/mol. The molecule has 0 aliphatic carbocycles. The summed E-state index contributed by atoms with van der Waals surface area (Å²) in [5.74, 6) is 0. The maximum Gasteiger partial charge on any atom is 0.0482 e. The standard InChI is InChI=1S/C8H14INS/c1-5(10)6(7(9)11)8(2,3)4/h10-11H,1-4H3/b7-6+,10-5?. The van der Waals surface area contributed by atoms with Crippen molar-refractivity contribution in [3.63, 3.8) is 0 Å². The molecule has 0 aromatic rings. The third-order valence-corrected chi connectivity index (χ3v) is 2.09. The fourth-order valence-electron chi connectivity index (χ4n) is 1.03. The SMILES string of the molecule is CC(=N)/C(=C(\S)I)C(C)(C)C. The highest BCUT2D eigenvalue weighted by Crippen LogP contribution is 2.32. The van der Waals surface area contributed by atoms with Crippen molar-refractivity contribution in [2.24, 2.45) is 5.41 Å². The number of rotatable bonds is 1. The normalized spacial score (nSPS) is 14.4. The van der Waals surface area contributed by atoms with Crippen LogP contribution in [0.25, 0.3) is 0 Å². The quantitative estimate of drug-likeness (QED) is 0.417. The van der Waals surface area contributed by atoms with E-state index in [1.54, 1.807) is 6.92 Å². The van der Waals surface area contributed by atoms with Gasteiger partial charge in [-0.1, -0.05) is 20.8 Å². The zero-order valence-corrected chi connectivity index (χ0v) is 10.4. The van der Waals surface area contributed by atoms with Crippen LogP contribution < -0.4 is 0 Å². The van der Waals surface area contributed by atoms with Crippen LogP contribution in [-0.2, 0) is 0 Å². The fraction of sp³-hybridized carbons (Fsp3) is 0.625. The van der Waals surface area contributed by atoms with Gasteiger partial charge in [-0.3, -0.25) is 0 Å². The lowest BCUT2D eigenvalue weighted by Gasteiger charge is -2.22. The summed E-state index contributed by atoms with van der Waals surface area (Å²) in [7, 11) is 0. The molecule has 0 aliphatic heterocycles. The smallest absolute Gasteiger partial charge is 0.0482 e. The third-order valence-electron chi connectivity index (χ3n) is 1.33. The second-order valence-corrected chi connectivity index (χ2v) is 5.92. The van der Waals surface area contributed by atoms with Gasteiger partial charge in [0, 0.05) is 8.62 Å². The molecule has 0 rings (SSSR count). The fourth-order valence-corrected chi connectivity index (χ4v) is 2.74. The Balaban J connectivity index is 4.96. The number of hydrogen-bond donors (Lipinski definition) is 2. The van der Waals surface area contributed by atoms with E-state index in [2.05, 4.69) is 56.0 Å². The molecule has 11 heavy (non-hydrogen) atoms. The van der Waals surface area contributed by atoms with Crippen LogP contribution in [0.2, 0.25) is 0 Å². The molecular formula is C8H14INS. The van der Waals surface area contributed by atoms with E-state index >= 15 is 0 Å². The minimum Gasteiger partial charge on any atom is -0.305 e. The topological polar surface area (TPSA) is 23.9 Å².